The Hall–Kier alpha value is -5.18. The van der Waals surface area contributed by atoms with Gasteiger partial charge < -0.3 is 37.8 Å². The van der Waals surface area contributed by atoms with Crippen LogP contribution in [0.25, 0.3) is 0 Å². The number of carbonyl (C=O) groups is 5. The van der Waals surface area contributed by atoms with E-state index in [0.717, 1.165) is 16.1 Å². The molecule has 1 aliphatic heterocycles. The standard InChI is InChI=1S/C31H43N9O6/c32-30(33)35-16-8-18-40(31(34)46)38-27(43)23(19-22-11-5-2-6-12-22)37-28(44)25-13-7-17-39(25)29(45)24(20-41)36-26(42)15-14-21-9-3-1-4-10-21/h1-6,9-12,23-25,41H,7-8,13-20H2,(H2,34,46)(H,36,42)(H,37,44)(H,38,43)(H4,32,33,35)/t23-,24-,25?/m0/s1. The summed E-state index contributed by atoms with van der Waals surface area (Å²) in [5, 5.41) is 16.2. The van der Waals surface area contributed by atoms with Gasteiger partial charge in [0.15, 0.2) is 5.96 Å². The van der Waals surface area contributed by atoms with Gasteiger partial charge in [0.25, 0.3) is 5.91 Å². The van der Waals surface area contributed by atoms with E-state index in [9.17, 15) is 29.1 Å². The van der Waals surface area contributed by atoms with E-state index in [1.165, 1.54) is 4.90 Å². The van der Waals surface area contributed by atoms with Crippen molar-refractivity contribution in [3.63, 3.8) is 0 Å². The monoisotopic (exact) mass is 637 g/mol. The maximum absolute atomic E-state index is 13.6. The molecular weight excluding hydrogens is 594 g/mol. The fourth-order valence-corrected chi connectivity index (χ4v) is 5.05. The second-order valence-corrected chi connectivity index (χ2v) is 10.9. The quantitative estimate of drug-likeness (QED) is 0.0546. The number of hydrogen-bond acceptors (Lipinski definition) is 7. The third-order valence-electron chi connectivity index (χ3n) is 7.40. The van der Waals surface area contributed by atoms with E-state index in [-0.39, 0.29) is 38.4 Å². The number of hydrogen-bond donors (Lipinski definition) is 7. The summed E-state index contributed by atoms with van der Waals surface area (Å²) in [6.45, 7) is -0.214. The smallest absolute Gasteiger partial charge is 0.333 e. The van der Waals surface area contributed by atoms with Crippen LogP contribution in [0.5, 0.6) is 0 Å². The lowest BCUT2D eigenvalue weighted by atomic mass is 10.0. The minimum Gasteiger partial charge on any atom is -0.394 e. The Kier molecular flexibility index (Phi) is 13.8. The fraction of sp³-hybridized carbons (Fsp3) is 0.419. The third-order valence-corrected chi connectivity index (χ3v) is 7.40. The molecule has 46 heavy (non-hydrogen) atoms. The van der Waals surface area contributed by atoms with Crippen LogP contribution in [0.2, 0.25) is 0 Å². The molecule has 0 bridgehead atoms. The van der Waals surface area contributed by atoms with Crippen molar-refractivity contribution in [2.45, 2.75) is 56.7 Å². The summed E-state index contributed by atoms with van der Waals surface area (Å²) in [6.07, 6.45) is 1.77. The maximum atomic E-state index is 13.6. The van der Waals surface area contributed by atoms with Crippen molar-refractivity contribution in [3.05, 3.63) is 71.8 Å². The molecule has 1 aliphatic rings. The van der Waals surface area contributed by atoms with Crippen LogP contribution in [0.1, 0.15) is 36.8 Å². The summed E-state index contributed by atoms with van der Waals surface area (Å²) in [5.41, 5.74) is 20.3. The van der Waals surface area contributed by atoms with Gasteiger partial charge in [-0.3, -0.25) is 29.6 Å². The number of aryl methyl sites for hydroxylation is 1. The number of aliphatic hydroxyl groups excluding tert-OH is 1. The number of aliphatic hydroxyl groups is 1. The van der Waals surface area contributed by atoms with Crippen LogP contribution in [0, 0.1) is 0 Å². The van der Waals surface area contributed by atoms with E-state index in [1.54, 1.807) is 24.3 Å². The Bertz CT molecular complexity index is 1350. The van der Waals surface area contributed by atoms with Crippen LogP contribution in [0.3, 0.4) is 0 Å². The van der Waals surface area contributed by atoms with Crippen LogP contribution in [0.4, 0.5) is 4.79 Å². The summed E-state index contributed by atoms with van der Waals surface area (Å²) >= 11 is 0. The Labute approximate surface area is 267 Å². The number of urea groups is 1. The molecule has 2 aromatic rings. The lowest BCUT2D eigenvalue weighted by Gasteiger charge is -2.30. The van der Waals surface area contributed by atoms with Crippen molar-refractivity contribution in [1.29, 1.82) is 0 Å². The topological polar surface area (TPSA) is 239 Å². The zero-order chi connectivity index (χ0) is 33.5. The first-order valence-corrected chi connectivity index (χ1v) is 15.1. The number of aliphatic imine (C=N–C) groups is 1. The van der Waals surface area contributed by atoms with E-state index in [0.29, 0.717) is 25.7 Å². The highest BCUT2D eigenvalue weighted by Gasteiger charge is 2.39. The molecule has 2 aromatic carbocycles. The zero-order valence-corrected chi connectivity index (χ0v) is 25.6. The molecule has 3 rings (SSSR count). The van der Waals surface area contributed by atoms with Gasteiger partial charge in [-0.2, -0.15) is 0 Å². The summed E-state index contributed by atoms with van der Waals surface area (Å²) in [5.74, 6) is -2.41. The highest BCUT2D eigenvalue weighted by atomic mass is 16.3. The largest absolute Gasteiger partial charge is 0.394 e. The second kappa shape index (κ2) is 17.9. The Morgan fingerprint density at radius 1 is 0.935 bits per heavy atom. The lowest BCUT2D eigenvalue weighted by Crippen LogP contribution is -2.59. The average Bonchev–Trinajstić information content (AvgIpc) is 3.54. The molecule has 1 fully saturated rings. The number of likely N-dealkylation sites (tertiary alicyclic amines) is 1. The third kappa shape index (κ3) is 11.1. The number of nitrogens with one attached hydrogen (secondary N) is 3. The van der Waals surface area contributed by atoms with Crippen molar-refractivity contribution < 1.29 is 29.1 Å². The van der Waals surface area contributed by atoms with Gasteiger partial charge in [-0.05, 0) is 36.8 Å². The van der Waals surface area contributed by atoms with E-state index in [2.05, 4.69) is 21.1 Å². The van der Waals surface area contributed by atoms with E-state index in [1.807, 2.05) is 36.4 Å². The molecule has 0 radical (unpaired) electrons. The lowest BCUT2D eigenvalue weighted by molar-refractivity contribution is -0.143. The number of guanidine groups is 1. The predicted molar refractivity (Wildman–Crippen MR) is 170 cm³/mol. The number of nitrogens with two attached hydrogens (primary N) is 3. The normalized spacial score (nSPS) is 15.2. The molecule has 0 aliphatic carbocycles. The van der Waals surface area contributed by atoms with Crippen molar-refractivity contribution in [2.24, 2.45) is 22.2 Å². The van der Waals surface area contributed by atoms with Gasteiger partial charge in [0, 0.05) is 32.5 Å². The SMILES string of the molecule is NC(=O)N(CCCN=C(N)N)NC(=O)[C@H](Cc1ccccc1)NC(=O)C1CCCN1C(=O)[C@H](CO)NC(=O)CCc1ccccc1. The van der Waals surface area contributed by atoms with Gasteiger partial charge in [0.2, 0.25) is 17.7 Å². The minimum atomic E-state index is -1.23. The Balaban J connectivity index is 1.67. The number of nitrogens with zero attached hydrogens (tertiary/aromatic N) is 3. The molecule has 1 unspecified atom stereocenters. The highest BCUT2D eigenvalue weighted by molar-refractivity contribution is 5.95. The van der Waals surface area contributed by atoms with Gasteiger partial charge in [-0.1, -0.05) is 60.7 Å². The number of hydrazine groups is 1. The first kappa shape index (κ1) is 35.3. The molecule has 3 atom stereocenters. The fourth-order valence-electron chi connectivity index (χ4n) is 5.05. The van der Waals surface area contributed by atoms with Gasteiger partial charge in [-0.15, -0.1) is 0 Å². The molecule has 1 saturated heterocycles. The van der Waals surface area contributed by atoms with Gasteiger partial charge in [0.05, 0.1) is 6.61 Å². The summed E-state index contributed by atoms with van der Waals surface area (Å²) in [6, 6.07) is 14.1. The summed E-state index contributed by atoms with van der Waals surface area (Å²) in [4.78, 5) is 70.2. The number of rotatable bonds is 15. The molecule has 6 amide bonds. The molecule has 10 N–H and O–H groups in total. The zero-order valence-electron chi connectivity index (χ0n) is 25.6. The van der Waals surface area contributed by atoms with Crippen molar-refractivity contribution in [2.75, 3.05) is 26.2 Å². The Morgan fingerprint density at radius 3 is 2.20 bits per heavy atom. The second-order valence-electron chi connectivity index (χ2n) is 10.9. The predicted octanol–water partition coefficient (Wildman–Crippen LogP) is -1.11. The van der Waals surface area contributed by atoms with Crippen molar-refractivity contribution in [3.8, 4) is 0 Å². The van der Waals surface area contributed by atoms with E-state index < -0.39 is 54.4 Å². The number of carbonyl (C=O) groups excluding carboxylic acids is 5. The average molecular weight is 638 g/mol. The van der Waals surface area contributed by atoms with E-state index in [4.69, 9.17) is 17.2 Å². The van der Waals surface area contributed by atoms with Crippen LogP contribution < -0.4 is 33.3 Å². The molecule has 1 heterocycles. The van der Waals surface area contributed by atoms with Crippen LogP contribution in [-0.2, 0) is 32.0 Å². The highest BCUT2D eigenvalue weighted by Crippen LogP contribution is 2.19. The van der Waals surface area contributed by atoms with Crippen LogP contribution in [0.15, 0.2) is 65.7 Å². The number of primary amides is 1. The minimum absolute atomic E-state index is 0.00831. The molecule has 248 valence electrons. The maximum Gasteiger partial charge on any atom is 0.333 e. The molecular formula is C31H43N9O6. The van der Waals surface area contributed by atoms with Gasteiger partial charge >= 0.3 is 6.03 Å². The molecule has 0 saturated carbocycles. The summed E-state index contributed by atoms with van der Waals surface area (Å²) < 4.78 is 0. The van der Waals surface area contributed by atoms with E-state index >= 15 is 0 Å². The first-order valence-electron chi connectivity index (χ1n) is 15.1. The molecule has 15 heteroatoms. The van der Waals surface area contributed by atoms with Gasteiger partial charge in [-0.25, -0.2) is 9.80 Å². The molecule has 0 aromatic heterocycles. The molecule has 0 spiro atoms. The molecule has 15 nitrogen and oxygen atoms in total. The number of benzene rings is 2. The Morgan fingerprint density at radius 2 is 1.59 bits per heavy atom. The van der Waals surface area contributed by atoms with Crippen LogP contribution >= 0.6 is 0 Å². The first-order chi connectivity index (χ1) is 22.1. The number of amides is 6. The van der Waals surface area contributed by atoms with Crippen molar-refractivity contribution >= 4 is 35.6 Å². The summed E-state index contributed by atoms with van der Waals surface area (Å²) in [7, 11) is 0. The van der Waals surface area contributed by atoms with Crippen LogP contribution in [-0.4, -0.2) is 95.0 Å². The van der Waals surface area contributed by atoms with Crippen molar-refractivity contribution in [1.82, 2.24) is 26.0 Å². The van der Waals surface area contributed by atoms with Gasteiger partial charge in [0.1, 0.15) is 18.1 Å².